The summed E-state index contributed by atoms with van der Waals surface area (Å²) >= 11 is 0. The van der Waals surface area contributed by atoms with Crippen LogP contribution in [0.15, 0.2) is 43.0 Å². The van der Waals surface area contributed by atoms with E-state index in [9.17, 15) is 9.59 Å². The molecule has 0 radical (unpaired) electrons. The van der Waals surface area contributed by atoms with E-state index in [4.69, 9.17) is 11.2 Å². The first-order chi connectivity index (χ1) is 11.8. The zero-order valence-electron chi connectivity index (χ0n) is 16.5. The van der Waals surface area contributed by atoms with Gasteiger partial charge in [0.05, 0.1) is 5.92 Å². The Labute approximate surface area is 153 Å². The molecule has 0 spiro atoms. The van der Waals surface area contributed by atoms with Gasteiger partial charge in [0.25, 0.3) is 0 Å². The Morgan fingerprint density at radius 3 is 2.16 bits per heavy atom. The van der Waals surface area contributed by atoms with Crippen molar-refractivity contribution in [3.8, 4) is 12.3 Å². The molecule has 1 rings (SSSR count). The maximum atomic E-state index is 11.9. The highest BCUT2D eigenvalue weighted by Crippen LogP contribution is 2.26. The third kappa shape index (κ3) is 10.9. The molecule has 0 saturated heterocycles. The van der Waals surface area contributed by atoms with Crippen LogP contribution >= 0.6 is 0 Å². The molecule has 0 N–H and O–H groups in total. The van der Waals surface area contributed by atoms with Crippen molar-refractivity contribution in [2.24, 2.45) is 5.92 Å². The van der Waals surface area contributed by atoms with Crippen LogP contribution in [0.5, 0.6) is 0 Å². The van der Waals surface area contributed by atoms with Crippen molar-refractivity contribution in [1.29, 1.82) is 0 Å². The Morgan fingerprint density at radius 2 is 1.76 bits per heavy atom. The lowest BCUT2D eigenvalue weighted by Crippen LogP contribution is -2.29. The molecule has 0 heterocycles. The average molecular weight is 344 g/mol. The van der Waals surface area contributed by atoms with Crippen LogP contribution in [-0.4, -0.2) is 11.8 Å². The molecule has 138 valence electrons. The highest BCUT2D eigenvalue weighted by atomic mass is 16.6. The lowest BCUT2D eigenvalue weighted by molar-refractivity contribution is -0.162. The van der Waals surface area contributed by atoms with Crippen molar-refractivity contribution in [3.05, 3.63) is 48.6 Å². The fourth-order valence-electron chi connectivity index (χ4n) is 1.67. The second-order valence-corrected chi connectivity index (χ2v) is 5.67. The largest absolute Gasteiger partial charge is 0.455 e. The van der Waals surface area contributed by atoms with Crippen molar-refractivity contribution in [1.82, 2.24) is 0 Å². The normalized spacial score (nSPS) is 10.6. The Balaban J connectivity index is 0. The molecule has 0 bridgehead atoms. The number of esters is 1. The molecule has 3 heteroatoms. The number of rotatable bonds is 6. The van der Waals surface area contributed by atoms with Crippen LogP contribution in [0.1, 0.15) is 59.9 Å². The molecule has 1 aromatic rings. The first-order valence-electron chi connectivity index (χ1n) is 8.67. The van der Waals surface area contributed by atoms with Gasteiger partial charge in [0.1, 0.15) is 5.60 Å². The number of carbonyl (C=O) groups excluding carboxylic acids is 2. The Kier molecular flexibility index (Phi) is 14.0. The standard InChI is InChI=1S/C16H18O3.C4H8.C2H6/c1-5-14(17)11-12(2)15(18)19-16(3,4)13-9-7-6-8-10-13;1-3-4-2;1-2/h1,6-10,12H,11H2,2-4H3;3H,1,4H2,2H3;1-2H3. The number of carbonyl (C=O) groups is 2. The molecule has 25 heavy (non-hydrogen) atoms. The second kappa shape index (κ2) is 14.0. The summed E-state index contributed by atoms with van der Waals surface area (Å²) in [4.78, 5) is 23.1. The van der Waals surface area contributed by atoms with E-state index in [-0.39, 0.29) is 12.2 Å². The molecule has 0 aliphatic heterocycles. The predicted molar refractivity (Wildman–Crippen MR) is 105 cm³/mol. The van der Waals surface area contributed by atoms with Crippen LogP contribution < -0.4 is 0 Å². The van der Waals surface area contributed by atoms with Gasteiger partial charge < -0.3 is 4.74 Å². The van der Waals surface area contributed by atoms with E-state index >= 15 is 0 Å². The zero-order chi connectivity index (χ0) is 19.9. The minimum absolute atomic E-state index is 0.0141. The molecule has 0 aliphatic carbocycles. The minimum Gasteiger partial charge on any atom is -0.455 e. The van der Waals surface area contributed by atoms with E-state index in [1.54, 1.807) is 6.92 Å². The monoisotopic (exact) mass is 344 g/mol. The summed E-state index contributed by atoms with van der Waals surface area (Å²) in [5.41, 5.74) is 0.171. The molecule has 0 aromatic heterocycles. The number of allylic oxidation sites excluding steroid dienone is 1. The van der Waals surface area contributed by atoms with Gasteiger partial charge in [-0.2, -0.15) is 0 Å². The Morgan fingerprint density at radius 1 is 1.28 bits per heavy atom. The second-order valence-electron chi connectivity index (χ2n) is 5.67. The summed E-state index contributed by atoms with van der Waals surface area (Å²) in [6.45, 7) is 14.8. The van der Waals surface area contributed by atoms with Gasteiger partial charge in [0.15, 0.2) is 0 Å². The van der Waals surface area contributed by atoms with Crippen molar-refractivity contribution in [3.63, 3.8) is 0 Å². The molecule has 1 atom stereocenters. The van der Waals surface area contributed by atoms with Crippen LogP contribution in [0.3, 0.4) is 0 Å². The van der Waals surface area contributed by atoms with Gasteiger partial charge >= 0.3 is 5.97 Å². The topological polar surface area (TPSA) is 43.4 Å². The van der Waals surface area contributed by atoms with E-state index in [0.29, 0.717) is 0 Å². The van der Waals surface area contributed by atoms with Gasteiger partial charge in [-0.15, -0.1) is 13.0 Å². The molecule has 0 amide bonds. The van der Waals surface area contributed by atoms with Crippen LogP contribution in [-0.2, 0) is 19.9 Å². The van der Waals surface area contributed by atoms with Gasteiger partial charge in [-0.05, 0) is 31.8 Å². The zero-order valence-corrected chi connectivity index (χ0v) is 16.5. The molecule has 0 aliphatic rings. The van der Waals surface area contributed by atoms with Gasteiger partial charge in [-0.3, -0.25) is 9.59 Å². The summed E-state index contributed by atoms with van der Waals surface area (Å²) in [6.07, 6.45) is 7.96. The number of terminal acetylenes is 1. The van der Waals surface area contributed by atoms with Crippen molar-refractivity contribution < 1.29 is 14.3 Å². The molecule has 1 unspecified atom stereocenters. The number of benzene rings is 1. The molecule has 0 saturated carbocycles. The maximum Gasteiger partial charge on any atom is 0.310 e. The van der Waals surface area contributed by atoms with Crippen molar-refractivity contribution >= 4 is 11.8 Å². The lowest BCUT2D eigenvalue weighted by Gasteiger charge is -2.27. The quantitative estimate of drug-likeness (QED) is 0.304. The third-order valence-electron chi connectivity index (χ3n) is 3.17. The summed E-state index contributed by atoms with van der Waals surface area (Å²) < 4.78 is 5.47. The summed E-state index contributed by atoms with van der Waals surface area (Å²) in [7, 11) is 0. The van der Waals surface area contributed by atoms with Crippen LogP contribution in [0.25, 0.3) is 0 Å². The van der Waals surface area contributed by atoms with Gasteiger partial charge in [-0.1, -0.05) is 64.1 Å². The molecule has 0 fully saturated rings. The molecule has 1 aromatic carbocycles. The number of ketones is 1. The highest BCUT2D eigenvalue weighted by molar-refractivity contribution is 5.97. The van der Waals surface area contributed by atoms with Crippen LogP contribution in [0, 0.1) is 18.3 Å². The number of ether oxygens (including phenoxy) is 1. The lowest BCUT2D eigenvalue weighted by atomic mass is 9.97. The summed E-state index contributed by atoms with van der Waals surface area (Å²) in [5, 5.41) is 0. The van der Waals surface area contributed by atoms with E-state index in [1.165, 1.54) is 0 Å². The van der Waals surface area contributed by atoms with Crippen LogP contribution in [0.4, 0.5) is 0 Å². The molecular weight excluding hydrogens is 312 g/mol. The Hall–Kier alpha value is -2.34. The van der Waals surface area contributed by atoms with E-state index in [1.807, 2.05) is 70.0 Å². The predicted octanol–water partition coefficient (Wildman–Crippen LogP) is 5.30. The highest BCUT2D eigenvalue weighted by Gasteiger charge is 2.28. The Bertz CT molecular complexity index is 550. The number of Topliss-reactive ketones (excluding diaryl/α,β-unsaturated/α-hetero) is 1. The number of hydrogen-bond acceptors (Lipinski definition) is 3. The molecule has 3 nitrogen and oxygen atoms in total. The van der Waals surface area contributed by atoms with Crippen molar-refractivity contribution in [2.75, 3.05) is 0 Å². The summed E-state index contributed by atoms with van der Waals surface area (Å²) in [5.74, 6) is 0.657. The van der Waals surface area contributed by atoms with E-state index in [0.717, 1.165) is 12.0 Å². The van der Waals surface area contributed by atoms with Gasteiger partial charge in [0.2, 0.25) is 5.78 Å². The fraction of sp³-hybridized carbons (Fsp3) is 0.455. The van der Waals surface area contributed by atoms with Crippen LogP contribution in [0.2, 0.25) is 0 Å². The maximum absolute atomic E-state index is 11.9. The van der Waals surface area contributed by atoms with Gasteiger partial charge in [-0.25, -0.2) is 0 Å². The van der Waals surface area contributed by atoms with E-state index in [2.05, 4.69) is 13.5 Å². The smallest absolute Gasteiger partial charge is 0.310 e. The summed E-state index contributed by atoms with van der Waals surface area (Å²) in [6, 6.07) is 9.46. The molecular formula is C22H32O3. The minimum atomic E-state index is -0.730. The van der Waals surface area contributed by atoms with Crippen molar-refractivity contribution in [2.45, 2.75) is 60.0 Å². The van der Waals surface area contributed by atoms with E-state index < -0.39 is 17.5 Å². The fourth-order valence-corrected chi connectivity index (χ4v) is 1.67. The number of hydrogen-bond donors (Lipinski definition) is 0. The first kappa shape index (κ1) is 24.9. The SMILES string of the molecule is C#CC(=O)CC(C)C(=O)OC(C)(C)c1ccccc1.C=CCC.CC. The third-order valence-corrected chi connectivity index (χ3v) is 3.17. The van der Waals surface area contributed by atoms with Gasteiger partial charge in [0, 0.05) is 6.42 Å². The average Bonchev–Trinajstić information content (AvgIpc) is 2.63. The first-order valence-corrected chi connectivity index (χ1v) is 8.67.